The molecule has 0 bridgehead atoms. The van der Waals surface area contributed by atoms with Crippen LogP contribution >= 0.6 is 27.5 Å². The molecular formula is C47H64BBrClF3N2O7. The minimum atomic E-state index is -4.43. The number of carboxylic acid groups (broad SMARTS) is 1. The molecule has 1 fully saturated rings. The van der Waals surface area contributed by atoms with Crippen LogP contribution < -0.4 is 10.8 Å². The van der Waals surface area contributed by atoms with Crippen LogP contribution in [-0.4, -0.2) is 66.3 Å². The second kappa shape index (κ2) is 24.0. The lowest BCUT2D eigenvalue weighted by atomic mass is 9.75. The largest absolute Gasteiger partial charge is 0.494 e. The van der Waals surface area contributed by atoms with E-state index in [9.17, 15) is 27.9 Å². The van der Waals surface area contributed by atoms with Gasteiger partial charge in [-0.1, -0.05) is 79.2 Å². The summed E-state index contributed by atoms with van der Waals surface area (Å²) in [6.45, 7) is 28.6. The molecule has 0 amide bonds. The maximum Gasteiger partial charge on any atom is 0.494 e. The first kappa shape index (κ1) is 54.6. The van der Waals surface area contributed by atoms with Crippen molar-refractivity contribution in [3.63, 3.8) is 0 Å². The Kier molecular flexibility index (Phi) is 21.1. The number of aliphatic carboxylic acids is 1. The number of aryl methyl sites for hydroxylation is 2. The fraction of sp³-hybridized carbons (Fsp3) is 0.489. The van der Waals surface area contributed by atoms with Crippen LogP contribution in [0.25, 0.3) is 0 Å². The van der Waals surface area contributed by atoms with Gasteiger partial charge in [-0.05, 0) is 157 Å². The molecule has 4 aromatic rings. The molecule has 0 saturated carbocycles. The minimum absolute atomic E-state index is 0.256. The zero-order valence-corrected chi connectivity index (χ0v) is 40.7. The Balaban J connectivity index is 0.000000300. The second-order valence-corrected chi connectivity index (χ2v) is 17.7. The number of rotatable bonds is 13. The van der Waals surface area contributed by atoms with Crippen LogP contribution in [-0.2, 0) is 50.1 Å². The molecule has 0 atom stereocenters. The van der Waals surface area contributed by atoms with E-state index in [0.29, 0.717) is 18.7 Å². The van der Waals surface area contributed by atoms with Crippen LogP contribution in [0.15, 0.2) is 75.6 Å². The predicted molar refractivity (Wildman–Crippen MR) is 246 cm³/mol. The van der Waals surface area contributed by atoms with Crippen molar-refractivity contribution in [3.8, 4) is 0 Å². The monoisotopic (exact) mass is 950 g/mol. The lowest BCUT2D eigenvalue weighted by Gasteiger charge is -2.32. The number of hydrogen-bond donors (Lipinski definition) is 2. The van der Waals surface area contributed by atoms with Crippen LogP contribution in [0.5, 0.6) is 0 Å². The van der Waals surface area contributed by atoms with Crippen molar-refractivity contribution in [1.29, 1.82) is 0 Å². The Hall–Kier alpha value is -3.50. The summed E-state index contributed by atoms with van der Waals surface area (Å²) in [5.74, 6) is -1.55. The predicted octanol–water partition coefficient (Wildman–Crippen LogP) is 11.2. The lowest BCUT2D eigenvalue weighted by Crippen LogP contribution is -2.41. The van der Waals surface area contributed by atoms with Gasteiger partial charge in [-0.15, -0.1) is 0 Å². The van der Waals surface area contributed by atoms with Crippen LogP contribution in [0.2, 0.25) is 0 Å². The van der Waals surface area contributed by atoms with Gasteiger partial charge in [0.2, 0.25) is 5.76 Å². The Labute approximate surface area is 380 Å². The maximum atomic E-state index is 12.3. The standard InChI is InChI=1S/C16H23BO4.C13H11BrF3NO.C12H15ClO2.C6H15N/c1-14(2,13(18)19)11-8-7-9-12(10-11)17-20-15(3,4)16(5,6)21-17;14-10-3-1-9(2-4-10)7-18-8-11-5-6-12(19-11)13(15,16)17;1-7-5-8(2)11(12(13)14)9(3)10(7)6-15-4;1-4-7(5-2)6-3/h7-10H,1-6H3,(H,18,19);1-6,18H,7-8H2;5H,6H2,1-4H3;4-6H2,1-3H3. The minimum Gasteiger partial charge on any atom is -0.481 e. The fourth-order valence-electron chi connectivity index (χ4n) is 6.30. The van der Waals surface area contributed by atoms with Gasteiger partial charge in [-0.2, -0.15) is 13.2 Å². The number of methoxy groups -OCH3 is 1. The first-order valence-corrected chi connectivity index (χ1v) is 21.7. The molecule has 2 N–H and O–H groups in total. The number of carbonyl (C=O) groups is 2. The summed E-state index contributed by atoms with van der Waals surface area (Å²) < 4.78 is 59.7. The molecule has 1 saturated heterocycles. The SMILES string of the molecule is CC(C)(C(=O)O)c1cccc(B2OC(C)(C)C(C)(C)O2)c1.CCN(CC)CC.COCc1c(C)cc(C)c(C(=O)Cl)c1C.FC(F)(F)c1ccc(CNCc2ccc(Br)cc2)o1. The van der Waals surface area contributed by atoms with Gasteiger partial charge in [0.05, 0.1) is 29.8 Å². The Bertz CT molecular complexity index is 2030. The van der Waals surface area contributed by atoms with E-state index in [4.69, 9.17) is 30.1 Å². The fourth-order valence-corrected chi connectivity index (χ4v) is 6.86. The Morgan fingerprint density at radius 2 is 1.44 bits per heavy atom. The van der Waals surface area contributed by atoms with E-state index in [-0.39, 0.29) is 12.3 Å². The summed E-state index contributed by atoms with van der Waals surface area (Å²) in [5, 5.41) is 12.0. The number of nitrogens with one attached hydrogen (secondary N) is 1. The molecule has 5 rings (SSSR count). The average Bonchev–Trinajstić information content (AvgIpc) is 3.76. The number of alkyl halides is 3. The quantitative estimate of drug-likeness (QED) is 0.1000. The lowest BCUT2D eigenvalue weighted by molar-refractivity contribution is -0.153. The molecule has 0 aliphatic carbocycles. The van der Waals surface area contributed by atoms with E-state index in [1.807, 2.05) is 103 Å². The number of halogens is 5. The van der Waals surface area contributed by atoms with Crippen LogP contribution in [0.1, 0.15) is 118 Å². The zero-order chi connectivity index (χ0) is 47.2. The maximum absolute atomic E-state index is 12.3. The first-order valence-electron chi connectivity index (χ1n) is 20.6. The Morgan fingerprint density at radius 3 is 1.89 bits per heavy atom. The number of benzene rings is 3. The van der Waals surface area contributed by atoms with Gasteiger partial charge in [0.1, 0.15) is 5.76 Å². The van der Waals surface area contributed by atoms with E-state index in [2.05, 4.69) is 46.9 Å². The summed E-state index contributed by atoms with van der Waals surface area (Å²) in [6.07, 6.45) is -4.43. The van der Waals surface area contributed by atoms with Crippen molar-refractivity contribution in [3.05, 3.63) is 122 Å². The molecule has 15 heteroatoms. The van der Waals surface area contributed by atoms with Crippen LogP contribution in [0.3, 0.4) is 0 Å². The highest BCUT2D eigenvalue weighted by Crippen LogP contribution is 2.37. The average molecular weight is 952 g/mol. The number of carboxylic acids is 1. The van der Waals surface area contributed by atoms with E-state index in [0.717, 1.165) is 49.4 Å². The normalized spacial score (nSPS) is 14.3. The molecule has 9 nitrogen and oxygen atoms in total. The summed E-state index contributed by atoms with van der Waals surface area (Å²) in [7, 11) is 1.17. The van der Waals surface area contributed by atoms with Gasteiger partial charge in [-0.25, -0.2) is 0 Å². The van der Waals surface area contributed by atoms with Gasteiger partial charge < -0.3 is 33.8 Å². The summed E-state index contributed by atoms with van der Waals surface area (Å²) in [5.41, 5.74) is 5.51. The van der Waals surface area contributed by atoms with Crippen molar-refractivity contribution in [2.45, 2.75) is 126 Å². The number of hydrogen-bond acceptors (Lipinski definition) is 8. The molecule has 1 aromatic heterocycles. The summed E-state index contributed by atoms with van der Waals surface area (Å²) in [6, 6.07) is 19.4. The number of nitrogens with zero attached hydrogens (tertiary/aromatic N) is 1. The van der Waals surface area contributed by atoms with E-state index < -0.39 is 46.9 Å². The van der Waals surface area contributed by atoms with Gasteiger partial charge >= 0.3 is 19.3 Å². The highest BCUT2D eigenvalue weighted by molar-refractivity contribution is 9.10. The summed E-state index contributed by atoms with van der Waals surface area (Å²) >= 11 is 8.89. The van der Waals surface area contributed by atoms with Crippen molar-refractivity contribution >= 4 is 51.3 Å². The number of carbonyl (C=O) groups excluding carboxylic acids is 1. The van der Waals surface area contributed by atoms with Gasteiger partial charge in [-0.3, -0.25) is 9.59 Å². The molecule has 0 radical (unpaired) electrons. The van der Waals surface area contributed by atoms with Crippen LogP contribution in [0.4, 0.5) is 13.2 Å². The van der Waals surface area contributed by atoms with E-state index in [1.165, 1.54) is 25.7 Å². The van der Waals surface area contributed by atoms with Crippen LogP contribution in [0, 0.1) is 20.8 Å². The molecule has 2 heterocycles. The van der Waals surface area contributed by atoms with Gasteiger partial charge in [0.15, 0.2) is 0 Å². The van der Waals surface area contributed by atoms with Crippen molar-refractivity contribution in [2.75, 3.05) is 26.7 Å². The third-order valence-corrected chi connectivity index (χ3v) is 11.8. The molecule has 1 aliphatic heterocycles. The van der Waals surface area contributed by atoms with Gasteiger partial charge in [0.25, 0.3) is 5.24 Å². The summed E-state index contributed by atoms with van der Waals surface area (Å²) in [4.78, 5) is 25.1. The highest BCUT2D eigenvalue weighted by atomic mass is 79.9. The smallest absolute Gasteiger partial charge is 0.481 e. The van der Waals surface area contributed by atoms with E-state index in [1.54, 1.807) is 21.0 Å². The Morgan fingerprint density at radius 1 is 0.871 bits per heavy atom. The number of ether oxygens (including phenoxy) is 1. The molecule has 0 unspecified atom stereocenters. The van der Waals surface area contributed by atoms with Crippen molar-refractivity contribution in [2.24, 2.45) is 0 Å². The highest BCUT2D eigenvalue weighted by Gasteiger charge is 2.52. The third-order valence-electron chi connectivity index (χ3n) is 11.1. The van der Waals surface area contributed by atoms with Crippen molar-refractivity contribution < 1.29 is 46.3 Å². The third kappa shape index (κ3) is 15.6. The van der Waals surface area contributed by atoms with Gasteiger partial charge in [0, 0.05) is 23.7 Å². The first-order chi connectivity index (χ1) is 28.8. The second-order valence-electron chi connectivity index (χ2n) is 16.5. The van der Waals surface area contributed by atoms with Crippen molar-refractivity contribution in [1.82, 2.24) is 10.2 Å². The molecule has 342 valence electrons. The topological polar surface area (TPSA) is 110 Å². The molecule has 3 aromatic carbocycles. The molecule has 1 aliphatic rings. The molecule has 62 heavy (non-hydrogen) atoms. The van der Waals surface area contributed by atoms with E-state index >= 15 is 0 Å². The molecular weight excluding hydrogens is 888 g/mol. The number of furan rings is 1. The molecule has 0 spiro atoms. The zero-order valence-electron chi connectivity index (χ0n) is 38.4.